The van der Waals surface area contributed by atoms with Gasteiger partial charge in [0.05, 0.1) is 0 Å². The lowest BCUT2D eigenvalue weighted by Gasteiger charge is -2.28. The molecule has 0 aliphatic rings. The fourth-order valence-corrected chi connectivity index (χ4v) is 1.36. The van der Waals surface area contributed by atoms with Gasteiger partial charge in [-0.3, -0.25) is 0 Å². The van der Waals surface area contributed by atoms with Gasteiger partial charge < -0.3 is 10.2 Å². The molecular formula is C11H13FO3. The molecule has 0 aliphatic heterocycles. The number of benzene rings is 1. The van der Waals surface area contributed by atoms with E-state index in [1.54, 1.807) is 19.9 Å². The van der Waals surface area contributed by atoms with Crippen molar-refractivity contribution in [3.63, 3.8) is 0 Å². The summed E-state index contributed by atoms with van der Waals surface area (Å²) >= 11 is 0. The highest BCUT2D eigenvalue weighted by atomic mass is 19.1. The largest absolute Gasteiger partial charge is 0.479 e. The predicted molar refractivity (Wildman–Crippen MR) is 53.1 cm³/mol. The maximum Gasteiger partial charge on any atom is 0.333 e. The molecule has 0 saturated carbocycles. The number of hydrogen-bond donors (Lipinski definition) is 2. The average Bonchev–Trinajstić information content (AvgIpc) is 2.16. The van der Waals surface area contributed by atoms with E-state index < -0.39 is 23.3 Å². The summed E-state index contributed by atoms with van der Waals surface area (Å²) < 4.78 is 12.9. The van der Waals surface area contributed by atoms with Crippen LogP contribution in [0.1, 0.15) is 19.4 Å². The Morgan fingerprint density at radius 3 is 2.53 bits per heavy atom. The predicted octanol–water partition coefficient (Wildman–Crippen LogP) is 1.55. The number of carboxylic acids is 1. The number of aliphatic hydroxyl groups is 1. The van der Waals surface area contributed by atoms with Gasteiger partial charge in [0.2, 0.25) is 0 Å². The minimum Gasteiger partial charge on any atom is -0.479 e. The zero-order valence-corrected chi connectivity index (χ0v) is 8.57. The number of rotatable bonds is 3. The maximum atomic E-state index is 12.9. The van der Waals surface area contributed by atoms with Gasteiger partial charge >= 0.3 is 5.97 Å². The van der Waals surface area contributed by atoms with Crippen LogP contribution in [0.4, 0.5) is 4.39 Å². The molecule has 1 atom stereocenters. The van der Waals surface area contributed by atoms with Gasteiger partial charge in [-0.15, -0.1) is 0 Å². The van der Waals surface area contributed by atoms with E-state index >= 15 is 0 Å². The van der Waals surface area contributed by atoms with Crippen LogP contribution in [0.5, 0.6) is 0 Å². The fraction of sp³-hybridized carbons (Fsp3) is 0.364. The molecule has 0 spiro atoms. The van der Waals surface area contributed by atoms with Crippen LogP contribution in [0.25, 0.3) is 0 Å². The Kier molecular flexibility index (Phi) is 3.09. The van der Waals surface area contributed by atoms with Gasteiger partial charge in [0.1, 0.15) is 5.82 Å². The molecule has 0 saturated heterocycles. The van der Waals surface area contributed by atoms with Crippen LogP contribution >= 0.6 is 0 Å². The van der Waals surface area contributed by atoms with Crippen LogP contribution in [-0.2, 0) is 10.2 Å². The Hall–Kier alpha value is -1.42. The molecule has 2 N–H and O–H groups in total. The molecule has 0 aromatic heterocycles. The second-order valence-electron chi connectivity index (χ2n) is 3.97. The van der Waals surface area contributed by atoms with Gasteiger partial charge in [0, 0.05) is 5.41 Å². The average molecular weight is 212 g/mol. The monoisotopic (exact) mass is 212 g/mol. The number of carboxylic acid groups (broad SMARTS) is 1. The summed E-state index contributed by atoms with van der Waals surface area (Å²) in [5.74, 6) is -1.76. The van der Waals surface area contributed by atoms with Crippen molar-refractivity contribution in [1.29, 1.82) is 0 Å². The first-order chi connectivity index (χ1) is 6.85. The molecule has 1 aromatic rings. The molecule has 0 amide bonds. The Balaban J connectivity index is 3.10. The third-order valence-corrected chi connectivity index (χ3v) is 2.49. The minimum absolute atomic E-state index is 0.446. The van der Waals surface area contributed by atoms with Gasteiger partial charge in [-0.25, -0.2) is 9.18 Å². The molecule has 0 radical (unpaired) electrons. The number of carbonyl (C=O) groups is 1. The fourth-order valence-electron chi connectivity index (χ4n) is 1.36. The van der Waals surface area contributed by atoms with E-state index in [1.807, 2.05) is 0 Å². The van der Waals surface area contributed by atoms with Crippen LogP contribution in [-0.4, -0.2) is 22.3 Å². The smallest absolute Gasteiger partial charge is 0.333 e. The van der Waals surface area contributed by atoms with E-state index in [-0.39, 0.29) is 0 Å². The van der Waals surface area contributed by atoms with Crippen molar-refractivity contribution in [2.75, 3.05) is 0 Å². The van der Waals surface area contributed by atoms with E-state index in [9.17, 15) is 14.3 Å². The van der Waals surface area contributed by atoms with Gasteiger partial charge in [-0.1, -0.05) is 26.0 Å². The molecule has 15 heavy (non-hydrogen) atoms. The second kappa shape index (κ2) is 3.98. The van der Waals surface area contributed by atoms with Gasteiger partial charge in [0.25, 0.3) is 0 Å². The Morgan fingerprint density at radius 1 is 1.47 bits per heavy atom. The Labute approximate surface area is 87.2 Å². The molecular weight excluding hydrogens is 199 g/mol. The van der Waals surface area contributed by atoms with Crippen molar-refractivity contribution in [3.05, 3.63) is 35.6 Å². The van der Waals surface area contributed by atoms with Crippen molar-refractivity contribution in [3.8, 4) is 0 Å². The first-order valence-electron chi connectivity index (χ1n) is 4.52. The van der Waals surface area contributed by atoms with E-state index in [2.05, 4.69) is 0 Å². The van der Waals surface area contributed by atoms with Crippen molar-refractivity contribution in [1.82, 2.24) is 0 Å². The molecule has 0 bridgehead atoms. The molecule has 1 rings (SSSR count). The highest BCUT2D eigenvalue weighted by Gasteiger charge is 2.35. The third kappa shape index (κ3) is 2.33. The molecule has 3 nitrogen and oxygen atoms in total. The van der Waals surface area contributed by atoms with Crippen molar-refractivity contribution < 1.29 is 19.4 Å². The van der Waals surface area contributed by atoms with Gasteiger partial charge in [0.15, 0.2) is 6.10 Å². The first kappa shape index (κ1) is 11.7. The minimum atomic E-state index is -1.56. The molecule has 82 valence electrons. The number of halogens is 1. The maximum absolute atomic E-state index is 12.9. The van der Waals surface area contributed by atoms with Crippen LogP contribution in [0.2, 0.25) is 0 Å². The van der Waals surface area contributed by atoms with Crippen molar-refractivity contribution >= 4 is 5.97 Å². The van der Waals surface area contributed by atoms with Crippen LogP contribution in [0.15, 0.2) is 24.3 Å². The number of aliphatic hydroxyl groups excluding tert-OH is 1. The molecule has 1 unspecified atom stereocenters. The van der Waals surface area contributed by atoms with Crippen LogP contribution < -0.4 is 0 Å². The van der Waals surface area contributed by atoms with Gasteiger partial charge in [-0.2, -0.15) is 0 Å². The van der Waals surface area contributed by atoms with Gasteiger partial charge in [-0.05, 0) is 17.7 Å². The highest BCUT2D eigenvalue weighted by Crippen LogP contribution is 2.27. The van der Waals surface area contributed by atoms with Crippen LogP contribution in [0, 0.1) is 5.82 Å². The Bertz CT molecular complexity index is 374. The van der Waals surface area contributed by atoms with Crippen molar-refractivity contribution in [2.45, 2.75) is 25.4 Å². The first-order valence-corrected chi connectivity index (χ1v) is 4.52. The Morgan fingerprint density at radius 2 is 2.07 bits per heavy atom. The topological polar surface area (TPSA) is 57.5 Å². The highest BCUT2D eigenvalue weighted by molar-refractivity contribution is 5.74. The zero-order chi connectivity index (χ0) is 11.6. The molecule has 1 aromatic carbocycles. The zero-order valence-electron chi connectivity index (χ0n) is 8.57. The summed E-state index contributed by atoms with van der Waals surface area (Å²) in [6, 6.07) is 5.58. The third-order valence-electron chi connectivity index (χ3n) is 2.49. The lowest BCUT2D eigenvalue weighted by atomic mass is 9.79. The van der Waals surface area contributed by atoms with Crippen LogP contribution in [0.3, 0.4) is 0 Å². The molecule has 0 heterocycles. The van der Waals surface area contributed by atoms with E-state index in [0.717, 1.165) is 0 Å². The summed E-state index contributed by atoms with van der Waals surface area (Å²) in [5.41, 5.74) is -0.564. The van der Waals surface area contributed by atoms with Crippen molar-refractivity contribution in [2.24, 2.45) is 0 Å². The standard InChI is InChI=1S/C11H13FO3/c1-11(2,9(13)10(14)15)7-4-3-5-8(12)6-7/h3-6,9,13H,1-2H3,(H,14,15). The summed E-state index contributed by atoms with van der Waals surface area (Å²) in [5, 5.41) is 18.2. The molecule has 0 fully saturated rings. The number of aliphatic carboxylic acids is 1. The molecule has 4 heteroatoms. The quantitative estimate of drug-likeness (QED) is 0.799. The van der Waals surface area contributed by atoms with E-state index in [1.165, 1.54) is 18.2 Å². The lowest BCUT2D eigenvalue weighted by Crippen LogP contribution is -2.39. The normalized spacial score (nSPS) is 13.6. The lowest BCUT2D eigenvalue weighted by molar-refractivity contribution is -0.150. The summed E-state index contributed by atoms with van der Waals surface area (Å²) in [6.45, 7) is 3.11. The summed E-state index contributed by atoms with van der Waals surface area (Å²) in [4.78, 5) is 10.7. The number of hydrogen-bond acceptors (Lipinski definition) is 2. The summed E-state index contributed by atoms with van der Waals surface area (Å²) in [7, 11) is 0. The SMILES string of the molecule is CC(C)(c1cccc(F)c1)C(O)C(=O)O. The summed E-state index contributed by atoms with van der Waals surface area (Å²) in [6.07, 6.45) is -1.56. The van der Waals surface area contributed by atoms with E-state index in [0.29, 0.717) is 5.56 Å². The second-order valence-corrected chi connectivity index (χ2v) is 3.97. The molecule has 0 aliphatic carbocycles. The van der Waals surface area contributed by atoms with E-state index in [4.69, 9.17) is 5.11 Å².